The zero-order valence-corrected chi connectivity index (χ0v) is 16.2. The molecule has 0 unspecified atom stereocenters. The molecule has 28 heavy (non-hydrogen) atoms. The predicted molar refractivity (Wildman–Crippen MR) is 114 cm³/mol. The van der Waals surface area contributed by atoms with Crippen molar-refractivity contribution < 1.29 is 4.79 Å². The van der Waals surface area contributed by atoms with Gasteiger partial charge in [-0.15, -0.1) is 0 Å². The van der Waals surface area contributed by atoms with Gasteiger partial charge in [0, 0.05) is 30.9 Å². The average molecular weight is 375 g/mol. The summed E-state index contributed by atoms with van der Waals surface area (Å²) in [6.07, 6.45) is 2.05. The Morgan fingerprint density at radius 3 is 2.46 bits per heavy atom. The van der Waals surface area contributed by atoms with Crippen LogP contribution >= 0.6 is 0 Å². The maximum absolute atomic E-state index is 11.2. The van der Waals surface area contributed by atoms with E-state index in [0.29, 0.717) is 11.6 Å². The van der Waals surface area contributed by atoms with Crippen molar-refractivity contribution in [3.05, 3.63) is 72.1 Å². The lowest BCUT2D eigenvalue weighted by molar-refractivity contribution is -0.114. The molecular formula is C22H25N5O. The molecule has 0 saturated heterocycles. The molecule has 0 fully saturated rings. The molecule has 6 nitrogen and oxygen atoms in total. The van der Waals surface area contributed by atoms with Gasteiger partial charge in [-0.05, 0) is 43.5 Å². The molecule has 3 aromatic rings. The van der Waals surface area contributed by atoms with Crippen molar-refractivity contribution in [3.63, 3.8) is 0 Å². The smallest absolute Gasteiger partial charge is 0.221 e. The van der Waals surface area contributed by atoms with Crippen LogP contribution in [0, 0.1) is 6.92 Å². The van der Waals surface area contributed by atoms with Gasteiger partial charge in [0.15, 0.2) is 0 Å². The van der Waals surface area contributed by atoms with Crippen LogP contribution in [-0.4, -0.2) is 22.4 Å². The van der Waals surface area contributed by atoms with E-state index < -0.39 is 0 Å². The largest absolute Gasteiger partial charge is 0.370 e. The molecule has 0 radical (unpaired) electrons. The number of carbonyl (C=O) groups excluding carboxylic acids is 1. The summed E-state index contributed by atoms with van der Waals surface area (Å²) >= 11 is 0. The lowest BCUT2D eigenvalue weighted by Crippen LogP contribution is -2.08. The van der Waals surface area contributed by atoms with Gasteiger partial charge in [0.1, 0.15) is 17.5 Å². The topological polar surface area (TPSA) is 78.9 Å². The standard InChI is InChI=1S/C22H25N5O/c1-16-24-21(23-13-7-10-18-8-4-3-5-9-18)15-22(25-16)27-20-12-6-11-19(14-20)26-17(2)28/h3-6,8-9,11-12,14-15H,7,10,13H2,1-2H3,(H,26,28)(H2,23,24,25,27). The number of hydrogen-bond donors (Lipinski definition) is 3. The molecule has 1 amide bonds. The highest BCUT2D eigenvalue weighted by Gasteiger charge is 2.04. The summed E-state index contributed by atoms with van der Waals surface area (Å²) < 4.78 is 0. The third-order valence-corrected chi connectivity index (χ3v) is 4.08. The monoisotopic (exact) mass is 375 g/mol. The number of aryl methyl sites for hydroxylation is 2. The Morgan fingerprint density at radius 2 is 1.68 bits per heavy atom. The Bertz CT molecular complexity index is 927. The zero-order valence-electron chi connectivity index (χ0n) is 16.2. The minimum Gasteiger partial charge on any atom is -0.370 e. The van der Waals surface area contributed by atoms with Crippen molar-refractivity contribution in [3.8, 4) is 0 Å². The third kappa shape index (κ3) is 6.09. The molecule has 0 spiro atoms. The van der Waals surface area contributed by atoms with Crippen LogP contribution in [0.25, 0.3) is 0 Å². The number of aromatic nitrogens is 2. The lowest BCUT2D eigenvalue weighted by Gasteiger charge is -2.11. The molecule has 6 heteroatoms. The number of carbonyl (C=O) groups is 1. The fraction of sp³-hybridized carbons (Fsp3) is 0.227. The number of rotatable bonds is 8. The molecule has 0 aliphatic carbocycles. The molecule has 0 saturated carbocycles. The average Bonchev–Trinajstić information content (AvgIpc) is 2.65. The first kappa shape index (κ1) is 19.4. The summed E-state index contributed by atoms with van der Waals surface area (Å²) in [7, 11) is 0. The SMILES string of the molecule is CC(=O)Nc1cccc(Nc2cc(NCCCc3ccccc3)nc(C)n2)c1. The van der Waals surface area contributed by atoms with Crippen molar-refractivity contribution in [2.75, 3.05) is 22.5 Å². The van der Waals surface area contributed by atoms with E-state index in [2.05, 4.69) is 50.2 Å². The van der Waals surface area contributed by atoms with Gasteiger partial charge >= 0.3 is 0 Å². The first-order valence-electron chi connectivity index (χ1n) is 9.37. The van der Waals surface area contributed by atoms with Gasteiger partial charge in [-0.25, -0.2) is 9.97 Å². The highest BCUT2D eigenvalue weighted by molar-refractivity contribution is 5.89. The summed E-state index contributed by atoms with van der Waals surface area (Å²) in [6.45, 7) is 4.19. The predicted octanol–water partition coefficient (Wildman–Crippen LogP) is 4.53. The van der Waals surface area contributed by atoms with Crippen LogP contribution in [-0.2, 0) is 11.2 Å². The summed E-state index contributed by atoms with van der Waals surface area (Å²) in [6, 6.07) is 19.9. The van der Waals surface area contributed by atoms with Crippen molar-refractivity contribution in [1.82, 2.24) is 9.97 Å². The van der Waals surface area contributed by atoms with Crippen molar-refractivity contribution in [2.45, 2.75) is 26.7 Å². The van der Waals surface area contributed by atoms with E-state index in [4.69, 9.17) is 0 Å². The van der Waals surface area contributed by atoms with Crippen LogP contribution in [0.3, 0.4) is 0 Å². The lowest BCUT2D eigenvalue weighted by atomic mass is 10.1. The molecule has 1 aromatic heterocycles. The quantitative estimate of drug-likeness (QED) is 0.504. The second kappa shape index (κ2) is 9.50. The highest BCUT2D eigenvalue weighted by atomic mass is 16.1. The number of benzene rings is 2. The van der Waals surface area contributed by atoms with Gasteiger partial charge in [0.05, 0.1) is 0 Å². The van der Waals surface area contributed by atoms with E-state index in [1.807, 2.05) is 43.3 Å². The van der Waals surface area contributed by atoms with E-state index in [1.165, 1.54) is 12.5 Å². The minimum atomic E-state index is -0.1000. The van der Waals surface area contributed by atoms with Gasteiger partial charge in [0.25, 0.3) is 0 Å². The van der Waals surface area contributed by atoms with Crippen LogP contribution < -0.4 is 16.0 Å². The first-order valence-corrected chi connectivity index (χ1v) is 9.37. The van der Waals surface area contributed by atoms with Gasteiger partial charge in [-0.1, -0.05) is 36.4 Å². The Balaban J connectivity index is 1.59. The molecule has 0 aliphatic rings. The highest BCUT2D eigenvalue weighted by Crippen LogP contribution is 2.20. The number of nitrogens with one attached hydrogen (secondary N) is 3. The van der Waals surface area contributed by atoms with E-state index in [9.17, 15) is 4.79 Å². The minimum absolute atomic E-state index is 0.1000. The van der Waals surface area contributed by atoms with Crippen molar-refractivity contribution >= 4 is 28.9 Å². The van der Waals surface area contributed by atoms with Crippen molar-refractivity contribution in [2.24, 2.45) is 0 Å². The zero-order chi connectivity index (χ0) is 19.8. The Hall–Kier alpha value is -3.41. The maximum Gasteiger partial charge on any atom is 0.221 e. The molecule has 0 aliphatic heterocycles. The van der Waals surface area contributed by atoms with Crippen molar-refractivity contribution in [1.29, 1.82) is 0 Å². The molecular weight excluding hydrogens is 350 g/mol. The number of hydrogen-bond acceptors (Lipinski definition) is 5. The molecule has 0 bridgehead atoms. The van der Waals surface area contributed by atoms with Gasteiger partial charge in [-0.3, -0.25) is 4.79 Å². The van der Waals surface area contributed by atoms with Crippen LogP contribution in [0.1, 0.15) is 24.7 Å². The van der Waals surface area contributed by atoms with E-state index in [0.717, 1.165) is 36.6 Å². The summed E-state index contributed by atoms with van der Waals surface area (Å²) in [4.78, 5) is 20.1. The molecule has 144 valence electrons. The third-order valence-electron chi connectivity index (χ3n) is 4.08. The normalized spacial score (nSPS) is 10.4. The maximum atomic E-state index is 11.2. The number of anilines is 4. The molecule has 3 N–H and O–H groups in total. The Kier molecular flexibility index (Phi) is 6.57. The summed E-state index contributed by atoms with van der Waals surface area (Å²) in [5.41, 5.74) is 2.92. The molecule has 2 aromatic carbocycles. The van der Waals surface area contributed by atoms with E-state index >= 15 is 0 Å². The fourth-order valence-electron chi connectivity index (χ4n) is 2.90. The second-order valence-corrected chi connectivity index (χ2v) is 6.59. The van der Waals surface area contributed by atoms with Crippen LogP contribution in [0.5, 0.6) is 0 Å². The fourth-order valence-corrected chi connectivity index (χ4v) is 2.90. The van der Waals surface area contributed by atoms with E-state index in [-0.39, 0.29) is 5.91 Å². The van der Waals surface area contributed by atoms with Gasteiger partial charge in [-0.2, -0.15) is 0 Å². The van der Waals surface area contributed by atoms with E-state index in [1.54, 1.807) is 0 Å². The summed E-state index contributed by atoms with van der Waals surface area (Å²) in [5.74, 6) is 2.09. The second-order valence-electron chi connectivity index (χ2n) is 6.59. The number of nitrogens with zero attached hydrogens (tertiary/aromatic N) is 2. The molecule has 3 rings (SSSR count). The first-order chi connectivity index (χ1) is 13.6. The van der Waals surface area contributed by atoms with Crippen LogP contribution in [0.4, 0.5) is 23.0 Å². The van der Waals surface area contributed by atoms with Gasteiger partial charge < -0.3 is 16.0 Å². The molecule has 1 heterocycles. The van der Waals surface area contributed by atoms with Crippen LogP contribution in [0.15, 0.2) is 60.7 Å². The molecule has 0 atom stereocenters. The van der Waals surface area contributed by atoms with Gasteiger partial charge in [0.2, 0.25) is 5.91 Å². The number of amides is 1. The summed E-state index contributed by atoms with van der Waals surface area (Å²) in [5, 5.41) is 9.42. The Morgan fingerprint density at radius 1 is 0.929 bits per heavy atom. The van der Waals surface area contributed by atoms with Crippen LogP contribution in [0.2, 0.25) is 0 Å². The Labute approximate surface area is 165 Å².